The molecule has 88 valence electrons. The molecule has 0 rings (SSSR count). The van der Waals surface area contributed by atoms with Crippen molar-refractivity contribution in [1.29, 1.82) is 0 Å². The van der Waals surface area contributed by atoms with Crippen LogP contribution in [-0.4, -0.2) is 51.2 Å². The Morgan fingerprint density at radius 3 is 2.40 bits per heavy atom. The number of carbonyl (C=O) groups excluding carboxylic acids is 1. The largest absolute Gasteiger partial charge is 0.481 e. The first-order valence-corrected chi connectivity index (χ1v) is 6.19. The third-order valence-corrected chi connectivity index (χ3v) is 3.48. The molecule has 5 nitrogen and oxygen atoms in total. The average molecular weight is 235 g/mol. The van der Waals surface area contributed by atoms with E-state index >= 15 is 0 Å². The van der Waals surface area contributed by atoms with E-state index in [9.17, 15) is 13.8 Å². The molecule has 0 aliphatic rings. The Hall–Kier alpha value is -0.910. The molecule has 0 aliphatic heterocycles. The second-order valence-corrected chi connectivity index (χ2v) is 4.90. The second kappa shape index (κ2) is 6.55. The number of carbonyl (C=O) groups is 2. The first-order valence-electron chi connectivity index (χ1n) is 4.70. The van der Waals surface area contributed by atoms with E-state index in [2.05, 4.69) is 0 Å². The maximum Gasteiger partial charge on any atom is 0.307 e. The van der Waals surface area contributed by atoms with Crippen LogP contribution in [0.5, 0.6) is 0 Å². The number of aliphatic carboxylic acids is 1. The van der Waals surface area contributed by atoms with Gasteiger partial charge in [-0.15, -0.1) is 0 Å². The van der Waals surface area contributed by atoms with Gasteiger partial charge in [-0.3, -0.25) is 13.8 Å². The topological polar surface area (TPSA) is 74.7 Å². The quantitative estimate of drug-likeness (QED) is 0.699. The Kier molecular flexibility index (Phi) is 6.15. The molecule has 0 aromatic heterocycles. The number of carboxylic acid groups (broad SMARTS) is 1. The molecule has 0 saturated heterocycles. The first kappa shape index (κ1) is 14.1. The molecule has 2 atom stereocenters. The van der Waals surface area contributed by atoms with Gasteiger partial charge in [-0.1, -0.05) is 6.92 Å². The second-order valence-electron chi connectivity index (χ2n) is 3.40. The number of hydrogen-bond donors (Lipinski definition) is 1. The average Bonchev–Trinajstić information content (AvgIpc) is 2.15. The lowest BCUT2D eigenvalue weighted by Gasteiger charge is -2.14. The predicted molar refractivity (Wildman–Crippen MR) is 58.0 cm³/mol. The van der Waals surface area contributed by atoms with Crippen molar-refractivity contribution >= 4 is 22.7 Å². The summed E-state index contributed by atoms with van der Waals surface area (Å²) in [5.41, 5.74) is 0. The van der Waals surface area contributed by atoms with Crippen molar-refractivity contribution in [3.05, 3.63) is 0 Å². The van der Waals surface area contributed by atoms with Crippen LogP contribution in [0.2, 0.25) is 0 Å². The summed E-state index contributed by atoms with van der Waals surface area (Å²) in [5, 5.41) is 8.59. The van der Waals surface area contributed by atoms with Gasteiger partial charge in [0.15, 0.2) is 0 Å². The minimum absolute atomic E-state index is 0.0264. The van der Waals surface area contributed by atoms with E-state index in [4.69, 9.17) is 5.11 Å². The van der Waals surface area contributed by atoms with Gasteiger partial charge in [-0.25, -0.2) is 0 Å². The molecular formula is C9H17NO4S. The molecule has 0 aromatic rings. The SMILES string of the molecule is CCN(C)C(=O)CS(=O)CC(C)C(=O)O. The number of carboxylic acids is 1. The summed E-state index contributed by atoms with van der Waals surface area (Å²) >= 11 is 0. The third-order valence-electron chi connectivity index (χ3n) is 2.04. The summed E-state index contributed by atoms with van der Waals surface area (Å²) in [5.74, 6) is -1.95. The van der Waals surface area contributed by atoms with Crippen molar-refractivity contribution in [2.45, 2.75) is 13.8 Å². The van der Waals surface area contributed by atoms with Gasteiger partial charge in [0.05, 0.1) is 5.92 Å². The van der Waals surface area contributed by atoms with Crippen LogP contribution < -0.4 is 0 Å². The highest BCUT2D eigenvalue weighted by atomic mass is 32.2. The van der Waals surface area contributed by atoms with Gasteiger partial charge < -0.3 is 10.0 Å². The fraction of sp³-hybridized carbons (Fsp3) is 0.778. The fourth-order valence-corrected chi connectivity index (χ4v) is 2.15. The molecule has 0 bridgehead atoms. The Bertz CT molecular complexity index is 267. The van der Waals surface area contributed by atoms with Crippen molar-refractivity contribution in [2.24, 2.45) is 5.92 Å². The maximum absolute atomic E-state index is 11.4. The van der Waals surface area contributed by atoms with E-state index in [0.29, 0.717) is 6.54 Å². The molecule has 6 heteroatoms. The summed E-state index contributed by atoms with van der Waals surface area (Å²) in [6.07, 6.45) is 0. The molecule has 0 aliphatic carbocycles. The predicted octanol–water partition coefficient (Wildman–Crippen LogP) is -0.0659. The van der Waals surface area contributed by atoms with Crippen LogP contribution in [0.4, 0.5) is 0 Å². The number of nitrogens with zero attached hydrogens (tertiary/aromatic N) is 1. The highest BCUT2D eigenvalue weighted by Gasteiger charge is 2.18. The summed E-state index contributed by atoms with van der Waals surface area (Å²) in [7, 11) is 0.230. The molecular weight excluding hydrogens is 218 g/mol. The van der Waals surface area contributed by atoms with E-state index in [1.165, 1.54) is 11.8 Å². The zero-order valence-corrected chi connectivity index (χ0v) is 10.0. The summed E-state index contributed by atoms with van der Waals surface area (Å²) in [6.45, 7) is 3.86. The van der Waals surface area contributed by atoms with E-state index in [-0.39, 0.29) is 17.4 Å². The molecule has 0 aromatic carbocycles. The molecule has 0 heterocycles. The van der Waals surface area contributed by atoms with Crippen molar-refractivity contribution in [3.8, 4) is 0 Å². The van der Waals surface area contributed by atoms with Crippen LogP contribution >= 0.6 is 0 Å². The third kappa shape index (κ3) is 5.51. The minimum atomic E-state index is -1.40. The van der Waals surface area contributed by atoms with Gasteiger partial charge in [0.2, 0.25) is 5.91 Å². The smallest absolute Gasteiger partial charge is 0.307 e. The zero-order valence-electron chi connectivity index (χ0n) is 9.23. The van der Waals surface area contributed by atoms with E-state index in [1.54, 1.807) is 7.05 Å². The minimum Gasteiger partial charge on any atom is -0.481 e. The monoisotopic (exact) mass is 235 g/mol. The Morgan fingerprint density at radius 1 is 1.47 bits per heavy atom. The lowest BCUT2D eigenvalue weighted by Crippen LogP contribution is -2.32. The molecule has 1 N–H and O–H groups in total. The molecule has 2 unspecified atom stereocenters. The Balaban J connectivity index is 4.04. The maximum atomic E-state index is 11.4. The van der Waals surface area contributed by atoms with Crippen LogP contribution in [0.1, 0.15) is 13.8 Å². The molecule has 15 heavy (non-hydrogen) atoms. The summed E-state index contributed by atoms with van der Waals surface area (Å²) in [4.78, 5) is 23.3. The van der Waals surface area contributed by atoms with Crippen molar-refractivity contribution in [1.82, 2.24) is 4.90 Å². The van der Waals surface area contributed by atoms with E-state index < -0.39 is 22.7 Å². The first-order chi connectivity index (χ1) is 6.88. The van der Waals surface area contributed by atoms with E-state index in [1.807, 2.05) is 6.92 Å². The summed E-state index contributed by atoms with van der Waals surface area (Å²) < 4.78 is 11.4. The van der Waals surface area contributed by atoms with Crippen LogP contribution in [0.15, 0.2) is 0 Å². The van der Waals surface area contributed by atoms with Crippen molar-refractivity contribution in [3.63, 3.8) is 0 Å². The molecule has 0 saturated carbocycles. The lowest BCUT2D eigenvalue weighted by atomic mass is 10.2. The van der Waals surface area contributed by atoms with Gasteiger partial charge in [0.1, 0.15) is 5.75 Å². The van der Waals surface area contributed by atoms with Gasteiger partial charge in [-0.05, 0) is 6.92 Å². The summed E-state index contributed by atoms with van der Waals surface area (Å²) in [6, 6.07) is 0. The zero-order chi connectivity index (χ0) is 12.0. The standard InChI is InChI=1S/C9H17NO4S/c1-4-10(3)8(11)6-15(14)5-7(2)9(12)13/h7H,4-6H2,1-3H3,(H,12,13). The van der Waals surface area contributed by atoms with Gasteiger partial charge in [0, 0.05) is 30.1 Å². The highest BCUT2D eigenvalue weighted by Crippen LogP contribution is 1.99. The highest BCUT2D eigenvalue weighted by molar-refractivity contribution is 7.85. The Labute approximate surface area is 91.9 Å². The normalized spacial score (nSPS) is 14.3. The molecule has 0 spiro atoms. The fourth-order valence-electron chi connectivity index (χ4n) is 0.833. The molecule has 1 amide bonds. The van der Waals surface area contributed by atoms with Crippen LogP contribution in [-0.2, 0) is 20.4 Å². The van der Waals surface area contributed by atoms with Crippen LogP contribution in [0, 0.1) is 5.92 Å². The molecule has 0 fully saturated rings. The van der Waals surface area contributed by atoms with Crippen LogP contribution in [0.25, 0.3) is 0 Å². The lowest BCUT2D eigenvalue weighted by molar-refractivity contribution is -0.140. The number of rotatable bonds is 6. The number of hydrogen-bond acceptors (Lipinski definition) is 3. The van der Waals surface area contributed by atoms with Gasteiger partial charge in [-0.2, -0.15) is 0 Å². The number of amides is 1. The van der Waals surface area contributed by atoms with Gasteiger partial charge >= 0.3 is 5.97 Å². The van der Waals surface area contributed by atoms with E-state index in [0.717, 1.165) is 0 Å². The van der Waals surface area contributed by atoms with Gasteiger partial charge in [0.25, 0.3) is 0 Å². The van der Waals surface area contributed by atoms with Crippen LogP contribution in [0.3, 0.4) is 0 Å². The van der Waals surface area contributed by atoms with Crippen molar-refractivity contribution < 1.29 is 18.9 Å². The Morgan fingerprint density at radius 2 is 2.00 bits per heavy atom. The van der Waals surface area contributed by atoms with Crippen molar-refractivity contribution in [2.75, 3.05) is 25.1 Å². The molecule has 0 radical (unpaired) electrons.